The van der Waals surface area contributed by atoms with Gasteiger partial charge in [-0.25, -0.2) is 4.98 Å². The number of aromatic nitrogens is 1. The van der Waals surface area contributed by atoms with Crippen molar-refractivity contribution >= 4 is 32.6 Å². The quantitative estimate of drug-likeness (QED) is 0.564. The van der Waals surface area contributed by atoms with Crippen molar-refractivity contribution in [1.29, 1.82) is 5.26 Å². The molecular weight excluding hydrogens is 412 g/mol. The molecule has 160 valence electrons. The number of hydrogen-bond donors (Lipinski definition) is 0. The molecule has 1 saturated heterocycles. The lowest BCUT2D eigenvalue weighted by molar-refractivity contribution is 0.0391. The van der Waals surface area contributed by atoms with Crippen LogP contribution in [0.5, 0.6) is 5.75 Å². The summed E-state index contributed by atoms with van der Waals surface area (Å²) in [6.07, 6.45) is 0. The van der Waals surface area contributed by atoms with E-state index in [9.17, 15) is 4.79 Å². The molecule has 1 fully saturated rings. The molecular formula is C23H24N4O3S. The van der Waals surface area contributed by atoms with Gasteiger partial charge >= 0.3 is 0 Å². The van der Waals surface area contributed by atoms with Crippen LogP contribution < -0.4 is 9.64 Å². The molecule has 7 nitrogen and oxygen atoms in total. The first-order valence-corrected chi connectivity index (χ1v) is 11.2. The first kappa shape index (κ1) is 21.2. The van der Waals surface area contributed by atoms with E-state index in [2.05, 4.69) is 11.0 Å². The first-order chi connectivity index (χ1) is 15.2. The van der Waals surface area contributed by atoms with E-state index in [4.69, 9.17) is 19.7 Å². The minimum Gasteiger partial charge on any atom is -0.492 e. The van der Waals surface area contributed by atoms with Crippen molar-refractivity contribution in [1.82, 2.24) is 9.88 Å². The fourth-order valence-electron chi connectivity index (χ4n) is 3.49. The van der Waals surface area contributed by atoms with Crippen LogP contribution in [0.1, 0.15) is 22.8 Å². The maximum Gasteiger partial charge on any atom is 0.260 e. The molecule has 0 atom stereocenters. The summed E-state index contributed by atoms with van der Waals surface area (Å²) in [5, 5.41) is 9.70. The Morgan fingerprint density at radius 1 is 1.26 bits per heavy atom. The molecule has 4 rings (SSSR count). The van der Waals surface area contributed by atoms with Crippen molar-refractivity contribution in [2.24, 2.45) is 0 Å². The van der Waals surface area contributed by atoms with Gasteiger partial charge < -0.3 is 9.47 Å². The Morgan fingerprint density at radius 3 is 2.74 bits per heavy atom. The zero-order valence-electron chi connectivity index (χ0n) is 17.4. The molecule has 1 amide bonds. The van der Waals surface area contributed by atoms with Crippen LogP contribution in [-0.4, -0.2) is 61.8 Å². The van der Waals surface area contributed by atoms with Crippen molar-refractivity contribution in [3.8, 4) is 11.8 Å². The number of carbonyl (C=O) groups is 1. The highest BCUT2D eigenvalue weighted by atomic mass is 32.1. The number of nitriles is 1. The van der Waals surface area contributed by atoms with Crippen LogP contribution >= 0.6 is 11.3 Å². The maximum atomic E-state index is 13.4. The summed E-state index contributed by atoms with van der Waals surface area (Å²) in [4.78, 5) is 22.2. The third-order valence-electron chi connectivity index (χ3n) is 5.15. The van der Waals surface area contributed by atoms with E-state index in [1.807, 2.05) is 25.1 Å². The normalized spacial score (nSPS) is 14.3. The number of amides is 1. The second-order valence-electron chi connectivity index (χ2n) is 7.13. The van der Waals surface area contributed by atoms with Crippen molar-refractivity contribution in [3.63, 3.8) is 0 Å². The second kappa shape index (κ2) is 9.88. The van der Waals surface area contributed by atoms with Gasteiger partial charge in [-0.3, -0.25) is 14.6 Å². The summed E-state index contributed by atoms with van der Waals surface area (Å²) in [6, 6.07) is 14.6. The van der Waals surface area contributed by atoms with Gasteiger partial charge in [0, 0.05) is 31.7 Å². The molecule has 3 aromatic rings. The zero-order valence-corrected chi connectivity index (χ0v) is 18.2. The van der Waals surface area contributed by atoms with E-state index in [-0.39, 0.29) is 5.91 Å². The lowest BCUT2D eigenvalue weighted by atomic mass is 10.1. The smallest absolute Gasteiger partial charge is 0.260 e. The van der Waals surface area contributed by atoms with Crippen LogP contribution in [-0.2, 0) is 4.74 Å². The molecule has 0 aliphatic carbocycles. The van der Waals surface area contributed by atoms with Crippen LogP contribution in [0, 0.1) is 11.3 Å². The molecule has 0 radical (unpaired) electrons. The average Bonchev–Trinajstić information content (AvgIpc) is 3.25. The van der Waals surface area contributed by atoms with Gasteiger partial charge in [0.15, 0.2) is 5.13 Å². The van der Waals surface area contributed by atoms with Gasteiger partial charge in [-0.1, -0.05) is 17.4 Å². The van der Waals surface area contributed by atoms with Gasteiger partial charge in [0.2, 0.25) is 0 Å². The Bertz CT molecular complexity index is 1080. The van der Waals surface area contributed by atoms with Gasteiger partial charge in [0.05, 0.1) is 36.2 Å². The van der Waals surface area contributed by atoms with Crippen molar-refractivity contribution < 1.29 is 14.3 Å². The summed E-state index contributed by atoms with van der Waals surface area (Å²) >= 11 is 1.48. The van der Waals surface area contributed by atoms with Crippen molar-refractivity contribution in [2.45, 2.75) is 6.92 Å². The highest BCUT2D eigenvalue weighted by molar-refractivity contribution is 7.22. The monoisotopic (exact) mass is 436 g/mol. The molecule has 2 aromatic carbocycles. The van der Waals surface area contributed by atoms with E-state index in [1.54, 1.807) is 29.2 Å². The first-order valence-electron chi connectivity index (χ1n) is 10.3. The number of ether oxygens (including phenoxy) is 2. The fraction of sp³-hybridized carbons (Fsp3) is 0.348. The van der Waals surface area contributed by atoms with E-state index >= 15 is 0 Å². The number of benzene rings is 2. The van der Waals surface area contributed by atoms with Crippen LogP contribution in [0.2, 0.25) is 0 Å². The summed E-state index contributed by atoms with van der Waals surface area (Å²) < 4.78 is 12.1. The molecule has 1 aliphatic heterocycles. The number of anilines is 1. The van der Waals surface area contributed by atoms with Gasteiger partial charge in [0.1, 0.15) is 11.3 Å². The summed E-state index contributed by atoms with van der Waals surface area (Å²) in [5.41, 5.74) is 1.83. The Balaban J connectivity index is 1.65. The Labute approximate surface area is 185 Å². The summed E-state index contributed by atoms with van der Waals surface area (Å²) in [5.74, 6) is 0.594. The highest BCUT2D eigenvalue weighted by Gasteiger charge is 2.23. The number of rotatable bonds is 7. The summed E-state index contributed by atoms with van der Waals surface area (Å²) in [7, 11) is 0. The third kappa shape index (κ3) is 4.85. The number of morpholine rings is 1. The predicted octanol–water partition coefficient (Wildman–Crippen LogP) is 3.55. The largest absolute Gasteiger partial charge is 0.492 e. The number of para-hydroxylation sites is 1. The van der Waals surface area contributed by atoms with E-state index in [0.29, 0.717) is 42.6 Å². The number of carbonyl (C=O) groups excluding carboxylic acids is 1. The number of fused-ring (bicyclic) bond motifs is 1. The molecule has 0 saturated carbocycles. The van der Waals surface area contributed by atoms with Gasteiger partial charge in [-0.05, 0) is 43.3 Å². The number of hydrogen-bond acceptors (Lipinski definition) is 7. The number of nitrogens with zero attached hydrogens (tertiary/aromatic N) is 4. The van der Waals surface area contributed by atoms with Gasteiger partial charge in [0.25, 0.3) is 5.91 Å². The van der Waals surface area contributed by atoms with Gasteiger partial charge in [-0.15, -0.1) is 0 Å². The lowest BCUT2D eigenvalue weighted by Gasteiger charge is -2.29. The third-order valence-corrected chi connectivity index (χ3v) is 6.19. The van der Waals surface area contributed by atoms with Crippen molar-refractivity contribution in [2.75, 3.05) is 50.9 Å². The molecule has 31 heavy (non-hydrogen) atoms. The molecule has 0 spiro atoms. The molecule has 0 N–H and O–H groups in total. The van der Waals surface area contributed by atoms with Crippen molar-refractivity contribution in [3.05, 3.63) is 53.6 Å². The topological polar surface area (TPSA) is 78.7 Å². The Hall–Kier alpha value is -2.99. The summed E-state index contributed by atoms with van der Waals surface area (Å²) in [6.45, 7) is 6.87. The second-order valence-corrected chi connectivity index (χ2v) is 8.14. The van der Waals surface area contributed by atoms with Crippen LogP contribution in [0.15, 0.2) is 42.5 Å². The SMILES string of the molecule is CCOc1cccc2sc(N(CCN3CCOCC3)C(=O)c3ccc(C#N)cc3)nc12. The fourth-order valence-corrected chi connectivity index (χ4v) is 4.50. The standard InChI is InChI=1S/C23H24N4O3S/c1-2-30-19-4-3-5-20-21(19)25-23(31-20)27(11-10-26-12-14-29-15-13-26)22(28)18-8-6-17(16-24)7-9-18/h3-9H,2,10-15H2,1H3. The minimum absolute atomic E-state index is 0.130. The predicted molar refractivity (Wildman–Crippen MR) is 121 cm³/mol. The Kier molecular flexibility index (Phi) is 6.77. The van der Waals surface area contributed by atoms with Gasteiger partial charge in [-0.2, -0.15) is 5.26 Å². The van der Waals surface area contributed by atoms with E-state index in [1.165, 1.54) is 11.3 Å². The zero-order chi connectivity index (χ0) is 21.6. The minimum atomic E-state index is -0.130. The van der Waals surface area contributed by atoms with Crippen LogP contribution in [0.25, 0.3) is 10.2 Å². The molecule has 1 aromatic heterocycles. The number of thiazole rings is 1. The van der Waals surface area contributed by atoms with E-state index < -0.39 is 0 Å². The van der Waals surface area contributed by atoms with Crippen LogP contribution in [0.3, 0.4) is 0 Å². The molecule has 1 aliphatic rings. The molecule has 0 unspecified atom stereocenters. The highest BCUT2D eigenvalue weighted by Crippen LogP contribution is 2.34. The molecule has 0 bridgehead atoms. The maximum absolute atomic E-state index is 13.4. The van der Waals surface area contributed by atoms with Crippen LogP contribution in [0.4, 0.5) is 5.13 Å². The Morgan fingerprint density at radius 2 is 2.03 bits per heavy atom. The molecule has 2 heterocycles. The van der Waals surface area contributed by atoms with E-state index in [0.717, 1.165) is 35.6 Å². The lowest BCUT2D eigenvalue weighted by Crippen LogP contribution is -2.43. The average molecular weight is 437 g/mol. The molecule has 8 heteroatoms.